The fourth-order valence-corrected chi connectivity index (χ4v) is 2.67. The third-order valence-corrected chi connectivity index (χ3v) is 3.95. The van der Waals surface area contributed by atoms with Crippen molar-refractivity contribution in [3.8, 4) is 0 Å². The van der Waals surface area contributed by atoms with Crippen LogP contribution in [0, 0.1) is 5.92 Å². The van der Waals surface area contributed by atoms with Gasteiger partial charge in [-0.1, -0.05) is 26.7 Å². The van der Waals surface area contributed by atoms with Crippen LogP contribution in [-0.2, 0) is 9.53 Å². The van der Waals surface area contributed by atoms with Crippen molar-refractivity contribution in [2.75, 3.05) is 20.3 Å². The number of nitrogens with zero attached hydrogens (tertiary/aromatic N) is 1. The highest BCUT2D eigenvalue weighted by atomic mass is 16.5. The Balaban J connectivity index is 2.57. The van der Waals surface area contributed by atoms with Gasteiger partial charge in [-0.25, -0.2) is 0 Å². The van der Waals surface area contributed by atoms with Gasteiger partial charge < -0.3 is 15.4 Å². The lowest BCUT2D eigenvalue weighted by atomic mass is 10.1. The van der Waals surface area contributed by atoms with Crippen LogP contribution in [0.1, 0.15) is 52.4 Å². The van der Waals surface area contributed by atoms with Gasteiger partial charge in [-0.05, 0) is 31.6 Å². The van der Waals surface area contributed by atoms with Crippen molar-refractivity contribution < 1.29 is 9.53 Å². The summed E-state index contributed by atoms with van der Waals surface area (Å²) in [4.78, 5) is 14.5. The van der Waals surface area contributed by atoms with Crippen molar-refractivity contribution >= 4 is 5.91 Å². The first-order valence-electron chi connectivity index (χ1n) is 7.61. The molecule has 4 nitrogen and oxygen atoms in total. The summed E-state index contributed by atoms with van der Waals surface area (Å²) in [6.07, 6.45) is 6.42. The molecule has 1 atom stereocenters. The largest absolute Gasteiger partial charge is 0.385 e. The zero-order chi connectivity index (χ0) is 14.3. The maximum Gasteiger partial charge on any atom is 0.239 e. The van der Waals surface area contributed by atoms with Gasteiger partial charge in [0.1, 0.15) is 0 Å². The summed E-state index contributed by atoms with van der Waals surface area (Å²) in [5, 5.41) is 0. The van der Waals surface area contributed by atoms with Crippen molar-refractivity contribution in [3.05, 3.63) is 0 Å². The van der Waals surface area contributed by atoms with Crippen LogP contribution in [0.5, 0.6) is 0 Å². The van der Waals surface area contributed by atoms with E-state index in [1.54, 1.807) is 7.11 Å². The molecule has 0 aromatic heterocycles. The Labute approximate surface area is 117 Å². The molecule has 4 heteroatoms. The van der Waals surface area contributed by atoms with E-state index in [4.69, 9.17) is 10.5 Å². The molecular formula is C15H30N2O2. The highest BCUT2D eigenvalue weighted by molar-refractivity contribution is 5.82. The molecule has 0 aliphatic heterocycles. The van der Waals surface area contributed by atoms with Gasteiger partial charge in [-0.2, -0.15) is 0 Å². The van der Waals surface area contributed by atoms with Crippen molar-refractivity contribution in [1.29, 1.82) is 0 Å². The van der Waals surface area contributed by atoms with Gasteiger partial charge in [0.15, 0.2) is 0 Å². The zero-order valence-corrected chi connectivity index (χ0v) is 12.7. The van der Waals surface area contributed by atoms with Gasteiger partial charge in [0.25, 0.3) is 0 Å². The van der Waals surface area contributed by atoms with Crippen LogP contribution in [0.4, 0.5) is 0 Å². The fraction of sp³-hybridized carbons (Fsp3) is 0.933. The Bertz CT molecular complexity index is 263. The predicted octanol–water partition coefficient (Wildman–Crippen LogP) is 2.17. The van der Waals surface area contributed by atoms with E-state index >= 15 is 0 Å². The Morgan fingerprint density at radius 2 is 1.95 bits per heavy atom. The fourth-order valence-electron chi connectivity index (χ4n) is 2.67. The van der Waals surface area contributed by atoms with E-state index in [-0.39, 0.29) is 5.91 Å². The Hall–Kier alpha value is -0.610. The number of rotatable bonds is 8. The molecule has 112 valence electrons. The SMILES string of the molecule is COCCC(N)C(=O)N(CCC(C)C)C1CCCC1. The minimum atomic E-state index is -0.410. The van der Waals surface area contributed by atoms with E-state index in [2.05, 4.69) is 13.8 Å². The van der Waals surface area contributed by atoms with Gasteiger partial charge in [0.05, 0.1) is 6.04 Å². The molecule has 0 saturated heterocycles. The van der Waals surface area contributed by atoms with E-state index in [0.29, 0.717) is 25.0 Å². The smallest absolute Gasteiger partial charge is 0.239 e. The molecule has 0 radical (unpaired) electrons. The monoisotopic (exact) mass is 270 g/mol. The Kier molecular flexibility index (Phi) is 7.39. The lowest BCUT2D eigenvalue weighted by Crippen LogP contribution is -2.48. The quantitative estimate of drug-likeness (QED) is 0.735. The Morgan fingerprint density at radius 1 is 1.32 bits per heavy atom. The summed E-state index contributed by atoms with van der Waals surface area (Å²) in [5.41, 5.74) is 6.01. The van der Waals surface area contributed by atoms with Crippen molar-refractivity contribution in [2.24, 2.45) is 11.7 Å². The molecule has 1 aliphatic carbocycles. The van der Waals surface area contributed by atoms with E-state index in [0.717, 1.165) is 25.8 Å². The maximum atomic E-state index is 12.5. The molecule has 0 aromatic rings. The number of hydrogen-bond acceptors (Lipinski definition) is 3. The highest BCUT2D eigenvalue weighted by Gasteiger charge is 2.29. The summed E-state index contributed by atoms with van der Waals surface area (Å²) < 4.78 is 5.02. The van der Waals surface area contributed by atoms with Gasteiger partial charge in [-0.15, -0.1) is 0 Å². The summed E-state index contributed by atoms with van der Waals surface area (Å²) in [6, 6.07) is 0.00700. The lowest BCUT2D eigenvalue weighted by molar-refractivity contribution is -0.135. The molecule has 1 unspecified atom stereocenters. The van der Waals surface area contributed by atoms with Crippen LogP contribution in [0.3, 0.4) is 0 Å². The molecule has 1 amide bonds. The summed E-state index contributed by atoms with van der Waals surface area (Å²) >= 11 is 0. The van der Waals surface area contributed by atoms with Gasteiger partial charge in [0.2, 0.25) is 5.91 Å². The van der Waals surface area contributed by atoms with E-state index in [1.165, 1.54) is 12.8 Å². The number of methoxy groups -OCH3 is 1. The normalized spacial score (nSPS) is 17.9. The molecule has 1 rings (SSSR count). The molecule has 0 heterocycles. The minimum absolute atomic E-state index is 0.115. The predicted molar refractivity (Wildman–Crippen MR) is 77.9 cm³/mol. The molecule has 0 spiro atoms. The first-order valence-corrected chi connectivity index (χ1v) is 7.61. The maximum absolute atomic E-state index is 12.5. The molecule has 1 aliphatic rings. The minimum Gasteiger partial charge on any atom is -0.385 e. The summed E-state index contributed by atoms with van der Waals surface area (Å²) in [5.74, 6) is 0.733. The number of hydrogen-bond donors (Lipinski definition) is 1. The van der Waals surface area contributed by atoms with Crippen LogP contribution in [0.25, 0.3) is 0 Å². The molecule has 0 aromatic carbocycles. The van der Waals surface area contributed by atoms with E-state index in [1.807, 2.05) is 4.90 Å². The first kappa shape index (κ1) is 16.4. The highest BCUT2D eigenvalue weighted by Crippen LogP contribution is 2.24. The topological polar surface area (TPSA) is 55.6 Å². The van der Waals surface area contributed by atoms with Crippen molar-refractivity contribution in [2.45, 2.75) is 64.5 Å². The summed E-state index contributed by atoms with van der Waals surface area (Å²) in [7, 11) is 1.64. The van der Waals surface area contributed by atoms with Crippen LogP contribution in [0.2, 0.25) is 0 Å². The van der Waals surface area contributed by atoms with Crippen molar-refractivity contribution in [1.82, 2.24) is 4.90 Å². The van der Waals surface area contributed by atoms with Crippen LogP contribution < -0.4 is 5.73 Å². The Morgan fingerprint density at radius 3 is 2.47 bits per heavy atom. The van der Waals surface area contributed by atoms with Crippen LogP contribution in [0.15, 0.2) is 0 Å². The third-order valence-electron chi connectivity index (χ3n) is 3.95. The number of carbonyl (C=O) groups is 1. The number of carbonyl (C=O) groups excluding carboxylic acids is 1. The van der Waals surface area contributed by atoms with Gasteiger partial charge >= 0.3 is 0 Å². The molecule has 2 N–H and O–H groups in total. The summed E-state index contributed by atoms with van der Waals surface area (Å²) in [6.45, 7) is 5.79. The van der Waals surface area contributed by atoms with Gasteiger partial charge in [-0.3, -0.25) is 4.79 Å². The number of ether oxygens (including phenoxy) is 1. The van der Waals surface area contributed by atoms with Crippen LogP contribution in [-0.4, -0.2) is 43.2 Å². The number of amides is 1. The van der Waals surface area contributed by atoms with Gasteiger partial charge in [0, 0.05) is 26.3 Å². The molecule has 1 saturated carbocycles. The average Bonchev–Trinajstić information content (AvgIpc) is 2.89. The standard InChI is InChI=1S/C15H30N2O2/c1-12(2)8-10-17(13-6-4-5-7-13)15(18)14(16)9-11-19-3/h12-14H,4-11,16H2,1-3H3. The molecule has 0 bridgehead atoms. The number of nitrogens with two attached hydrogens (primary N) is 1. The first-order chi connectivity index (χ1) is 9.06. The zero-order valence-electron chi connectivity index (χ0n) is 12.7. The van der Waals surface area contributed by atoms with E-state index in [9.17, 15) is 4.79 Å². The lowest BCUT2D eigenvalue weighted by Gasteiger charge is -2.32. The molecular weight excluding hydrogens is 240 g/mol. The van der Waals surface area contributed by atoms with Crippen molar-refractivity contribution in [3.63, 3.8) is 0 Å². The second-order valence-corrected chi connectivity index (χ2v) is 6.04. The second kappa shape index (κ2) is 8.54. The van der Waals surface area contributed by atoms with Crippen LogP contribution >= 0.6 is 0 Å². The third kappa shape index (κ3) is 5.49. The van der Waals surface area contributed by atoms with E-state index < -0.39 is 6.04 Å². The second-order valence-electron chi connectivity index (χ2n) is 6.04. The molecule has 1 fully saturated rings. The molecule has 19 heavy (non-hydrogen) atoms. The average molecular weight is 270 g/mol.